The van der Waals surface area contributed by atoms with Crippen molar-refractivity contribution in [1.29, 1.82) is 0 Å². The van der Waals surface area contributed by atoms with E-state index in [1.165, 1.54) is 6.07 Å². The Kier molecular flexibility index (Phi) is 4.90. The zero-order valence-corrected chi connectivity index (χ0v) is 19.0. The smallest absolute Gasteiger partial charge is 0.342 e. The second-order valence-corrected chi connectivity index (χ2v) is 10.9. The molecule has 32 heavy (non-hydrogen) atoms. The van der Waals surface area contributed by atoms with Gasteiger partial charge < -0.3 is 14.9 Å². The first-order valence-electron chi connectivity index (χ1n) is 11.8. The first-order valence-corrected chi connectivity index (χ1v) is 11.8. The van der Waals surface area contributed by atoms with E-state index in [1.807, 2.05) is 6.08 Å². The van der Waals surface area contributed by atoms with E-state index >= 15 is 0 Å². The maximum Gasteiger partial charge on any atom is 0.342 e. The van der Waals surface area contributed by atoms with Gasteiger partial charge in [0.25, 0.3) is 0 Å². The second kappa shape index (κ2) is 7.31. The predicted octanol–water partition coefficient (Wildman–Crippen LogP) is 4.44. The van der Waals surface area contributed by atoms with Crippen LogP contribution in [0.4, 0.5) is 0 Å². The van der Waals surface area contributed by atoms with E-state index in [9.17, 15) is 19.8 Å². The fourth-order valence-electron chi connectivity index (χ4n) is 7.73. The highest BCUT2D eigenvalue weighted by Gasteiger charge is 2.64. The quantitative estimate of drug-likeness (QED) is 0.670. The Hall–Kier alpha value is -2.40. The van der Waals surface area contributed by atoms with Gasteiger partial charge in [-0.25, -0.2) is 4.79 Å². The van der Waals surface area contributed by atoms with Crippen LogP contribution in [-0.2, 0) is 9.53 Å². The third kappa shape index (κ3) is 3.01. The molecule has 0 radical (unpaired) electrons. The fourth-order valence-corrected chi connectivity index (χ4v) is 7.73. The molecule has 0 heterocycles. The number of fused-ring (bicyclic) bond motifs is 5. The summed E-state index contributed by atoms with van der Waals surface area (Å²) in [5.41, 5.74) is 0.692. The molecule has 2 N–H and O–H groups in total. The van der Waals surface area contributed by atoms with Crippen LogP contribution in [0, 0.1) is 34.5 Å². The van der Waals surface area contributed by atoms with Crippen molar-refractivity contribution in [2.45, 2.75) is 58.7 Å². The summed E-state index contributed by atoms with van der Waals surface area (Å²) in [6.45, 7) is 6.46. The number of carbonyl (C=O) groups excluding carboxylic acids is 2. The van der Waals surface area contributed by atoms with Gasteiger partial charge >= 0.3 is 5.97 Å². The van der Waals surface area contributed by atoms with Crippen molar-refractivity contribution < 1.29 is 24.5 Å². The van der Waals surface area contributed by atoms with Crippen LogP contribution in [-0.4, -0.2) is 34.2 Å². The summed E-state index contributed by atoms with van der Waals surface area (Å²) < 4.78 is 6.06. The number of phenols is 1. The zero-order valence-electron chi connectivity index (χ0n) is 19.0. The number of aliphatic hydroxyl groups is 1. The number of esters is 1. The molecule has 0 bridgehead atoms. The number of hydrogen-bond acceptors (Lipinski definition) is 5. The van der Waals surface area contributed by atoms with E-state index < -0.39 is 12.1 Å². The molecule has 5 heteroatoms. The first kappa shape index (κ1) is 21.4. The molecule has 4 aliphatic rings. The van der Waals surface area contributed by atoms with Crippen molar-refractivity contribution in [3.05, 3.63) is 53.6 Å². The Balaban J connectivity index is 1.45. The molecule has 5 nitrogen and oxygen atoms in total. The Morgan fingerprint density at radius 3 is 2.72 bits per heavy atom. The van der Waals surface area contributed by atoms with Crippen molar-refractivity contribution >= 4 is 11.8 Å². The van der Waals surface area contributed by atoms with Gasteiger partial charge in [-0.2, -0.15) is 0 Å². The van der Waals surface area contributed by atoms with E-state index in [0.717, 1.165) is 24.8 Å². The van der Waals surface area contributed by atoms with Crippen LogP contribution < -0.4 is 0 Å². The van der Waals surface area contributed by atoms with E-state index in [1.54, 1.807) is 30.4 Å². The number of aliphatic hydroxyl groups excluding tert-OH is 1. The lowest BCUT2D eigenvalue weighted by Crippen LogP contribution is -2.57. The molecule has 4 aliphatic carbocycles. The molecule has 0 amide bonds. The Morgan fingerprint density at radius 1 is 1.22 bits per heavy atom. The molecular weight excluding hydrogens is 404 g/mol. The minimum atomic E-state index is -0.538. The highest BCUT2D eigenvalue weighted by molar-refractivity contribution is 6.01. The molecule has 1 aromatic carbocycles. The minimum absolute atomic E-state index is 0.0386. The largest absolute Gasteiger partial charge is 0.507 e. The van der Waals surface area contributed by atoms with Gasteiger partial charge in [0.2, 0.25) is 0 Å². The summed E-state index contributed by atoms with van der Waals surface area (Å²) in [6.07, 6.45) is 7.90. The van der Waals surface area contributed by atoms with Gasteiger partial charge in [-0.3, -0.25) is 4.79 Å². The van der Waals surface area contributed by atoms with Crippen LogP contribution in [0.5, 0.6) is 5.75 Å². The van der Waals surface area contributed by atoms with Crippen LogP contribution >= 0.6 is 0 Å². The van der Waals surface area contributed by atoms with Gasteiger partial charge in [0.05, 0.1) is 6.10 Å². The van der Waals surface area contributed by atoms with E-state index in [2.05, 4.69) is 20.8 Å². The lowest BCUT2D eigenvalue weighted by atomic mass is 9.47. The number of rotatable bonds is 2. The van der Waals surface area contributed by atoms with Gasteiger partial charge in [-0.05, 0) is 67.7 Å². The van der Waals surface area contributed by atoms with Crippen LogP contribution in [0.1, 0.15) is 56.8 Å². The van der Waals surface area contributed by atoms with Gasteiger partial charge in [0, 0.05) is 16.7 Å². The van der Waals surface area contributed by atoms with Crippen molar-refractivity contribution in [2.24, 2.45) is 34.5 Å². The summed E-state index contributed by atoms with van der Waals surface area (Å²) in [4.78, 5) is 24.9. The molecule has 5 rings (SSSR count). The summed E-state index contributed by atoms with van der Waals surface area (Å²) in [5, 5.41) is 21.6. The molecule has 8 unspecified atom stereocenters. The summed E-state index contributed by atoms with van der Waals surface area (Å²) in [5.74, 6) is 0.317. The van der Waals surface area contributed by atoms with Crippen LogP contribution in [0.25, 0.3) is 0 Å². The molecule has 0 saturated heterocycles. The number of ether oxygens (including phenoxy) is 1. The number of benzene rings is 1. The lowest BCUT2D eigenvalue weighted by Gasteiger charge is -2.58. The van der Waals surface area contributed by atoms with Gasteiger partial charge in [-0.1, -0.05) is 44.6 Å². The minimum Gasteiger partial charge on any atom is -0.507 e. The number of ketones is 1. The normalized spacial score (nSPS) is 42.5. The number of carbonyl (C=O) groups is 2. The number of hydrogen-bond donors (Lipinski definition) is 2. The van der Waals surface area contributed by atoms with Crippen LogP contribution in [0.15, 0.2) is 48.1 Å². The monoisotopic (exact) mass is 436 g/mol. The lowest BCUT2D eigenvalue weighted by molar-refractivity contribution is -0.133. The third-order valence-corrected chi connectivity index (χ3v) is 9.08. The fraction of sp³-hybridized carbons (Fsp3) is 0.556. The van der Waals surface area contributed by atoms with Crippen molar-refractivity contribution in [3.63, 3.8) is 0 Å². The molecule has 3 saturated carbocycles. The van der Waals surface area contributed by atoms with Crippen LogP contribution in [0.2, 0.25) is 0 Å². The third-order valence-electron chi connectivity index (χ3n) is 9.08. The highest BCUT2D eigenvalue weighted by Crippen LogP contribution is 2.65. The Bertz CT molecular complexity index is 1020. The van der Waals surface area contributed by atoms with Crippen molar-refractivity contribution in [2.75, 3.05) is 0 Å². The van der Waals surface area contributed by atoms with E-state index in [-0.39, 0.29) is 45.9 Å². The molecule has 170 valence electrons. The number of aromatic hydroxyl groups is 1. The zero-order chi connectivity index (χ0) is 22.8. The maximum absolute atomic E-state index is 12.9. The first-order chi connectivity index (χ1) is 15.1. The molecule has 3 fully saturated rings. The Morgan fingerprint density at radius 2 is 1.97 bits per heavy atom. The van der Waals surface area contributed by atoms with Crippen molar-refractivity contribution in [1.82, 2.24) is 0 Å². The number of allylic oxidation sites excluding steroid dienone is 4. The molecular formula is C27H32O5. The molecule has 1 aromatic rings. The summed E-state index contributed by atoms with van der Waals surface area (Å²) in [7, 11) is 0. The average Bonchev–Trinajstić information content (AvgIpc) is 2.98. The van der Waals surface area contributed by atoms with E-state index in [0.29, 0.717) is 18.3 Å². The number of phenolic OH excluding ortho intramolecular Hbond substituents is 1. The second-order valence-electron chi connectivity index (χ2n) is 10.9. The maximum atomic E-state index is 12.9. The summed E-state index contributed by atoms with van der Waals surface area (Å²) in [6, 6.07) is 6.46. The number of para-hydroxylation sites is 1. The standard InChI is InChI=1S/C27H32O5/c1-15-12-20-18-9-8-16-13-17(28)10-11-26(16,2)23(18)22(30)14-27(20,3)24(15)32-25(31)19-6-4-5-7-21(19)29/h4-7,10-11,13,15,18,20,22-24,29-30H,8-9,12,14H2,1-3H3. The molecule has 0 aromatic heterocycles. The van der Waals surface area contributed by atoms with Gasteiger partial charge in [-0.15, -0.1) is 0 Å². The van der Waals surface area contributed by atoms with Gasteiger partial charge in [0.1, 0.15) is 17.4 Å². The van der Waals surface area contributed by atoms with E-state index in [4.69, 9.17) is 4.74 Å². The average molecular weight is 437 g/mol. The highest BCUT2D eigenvalue weighted by atomic mass is 16.5. The van der Waals surface area contributed by atoms with Crippen LogP contribution in [0.3, 0.4) is 0 Å². The van der Waals surface area contributed by atoms with Gasteiger partial charge in [0.15, 0.2) is 5.78 Å². The topological polar surface area (TPSA) is 83.8 Å². The van der Waals surface area contributed by atoms with Crippen molar-refractivity contribution in [3.8, 4) is 5.75 Å². The summed E-state index contributed by atoms with van der Waals surface area (Å²) >= 11 is 0. The molecule has 0 aliphatic heterocycles. The Labute approximate surface area is 189 Å². The SMILES string of the molecule is CC1CC2C3CCC4=CC(=O)C=CC4(C)C3C(O)CC2(C)C1OC(=O)c1ccccc1O. The molecule has 0 spiro atoms. The predicted molar refractivity (Wildman–Crippen MR) is 120 cm³/mol. The molecule has 8 atom stereocenters.